The van der Waals surface area contributed by atoms with Gasteiger partial charge >= 0.3 is 0 Å². The van der Waals surface area contributed by atoms with Crippen molar-refractivity contribution in [3.63, 3.8) is 0 Å². The number of halogens is 1. The highest BCUT2D eigenvalue weighted by Gasteiger charge is 1.95. The van der Waals surface area contributed by atoms with Crippen molar-refractivity contribution in [2.75, 3.05) is 32.8 Å². The van der Waals surface area contributed by atoms with Crippen LogP contribution in [0.5, 0.6) is 0 Å². The van der Waals surface area contributed by atoms with Crippen molar-refractivity contribution in [3.05, 3.63) is 0 Å². The summed E-state index contributed by atoms with van der Waals surface area (Å²) in [4.78, 5) is 4.32. The first kappa shape index (κ1) is 18.9. The molecule has 5 heteroatoms. The molecule has 0 aromatic rings. The van der Waals surface area contributed by atoms with Crippen LogP contribution < -0.4 is 10.6 Å². The van der Waals surface area contributed by atoms with Crippen LogP contribution in [0.2, 0.25) is 0 Å². The first-order valence-corrected chi connectivity index (χ1v) is 5.74. The number of nitrogens with zero attached hydrogens (tertiary/aromatic N) is 1. The summed E-state index contributed by atoms with van der Waals surface area (Å²) in [5.74, 6) is 3.82. The molecule has 0 spiro atoms. The van der Waals surface area contributed by atoms with Crippen LogP contribution in [0.1, 0.15) is 20.8 Å². The van der Waals surface area contributed by atoms with Crippen molar-refractivity contribution in [2.24, 2.45) is 10.9 Å². The van der Waals surface area contributed by atoms with E-state index in [0.717, 1.165) is 19.1 Å². The largest absolute Gasteiger partial charge is 0.379 e. The van der Waals surface area contributed by atoms with Gasteiger partial charge in [-0.1, -0.05) is 19.8 Å². The highest BCUT2D eigenvalue weighted by molar-refractivity contribution is 14.0. The smallest absolute Gasteiger partial charge is 0.192 e. The number of rotatable bonds is 7. The van der Waals surface area contributed by atoms with Gasteiger partial charge in [0, 0.05) is 13.2 Å². The summed E-state index contributed by atoms with van der Waals surface area (Å²) in [6, 6.07) is 0. The lowest BCUT2D eigenvalue weighted by Gasteiger charge is -2.09. The Morgan fingerprint density at radius 2 is 2.12 bits per heavy atom. The average molecular weight is 353 g/mol. The summed E-state index contributed by atoms with van der Waals surface area (Å²) in [6.07, 6.45) is 5.16. The van der Waals surface area contributed by atoms with Gasteiger partial charge in [-0.05, 0) is 12.8 Å². The number of nitrogens with one attached hydrogen (secondary N) is 2. The fourth-order valence-electron chi connectivity index (χ4n) is 1.02. The molecular formula is C12H24IN3O. The van der Waals surface area contributed by atoms with E-state index in [0.29, 0.717) is 25.6 Å². The first-order chi connectivity index (χ1) is 7.70. The highest BCUT2D eigenvalue weighted by atomic mass is 127. The third-order valence-electron chi connectivity index (χ3n) is 1.66. The Balaban J connectivity index is 0. The molecule has 100 valence electrons. The van der Waals surface area contributed by atoms with Crippen molar-refractivity contribution in [2.45, 2.75) is 20.8 Å². The van der Waals surface area contributed by atoms with Crippen LogP contribution in [-0.4, -0.2) is 38.8 Å². The van der Waals surface area contributed by atoms with Crippen molar-refractivity contribution >= 4 is 29.9 Å². The van der Waals surface area contributed by atoms with E-state index in [1.54, 1.807) is 0 Å². The van der Waals surface area contributed by atoms with E-state index in [1.165, 1.54) is 0 Å². The molecule has 0 radical (unpaired) electrons. The van der Waals surface area contributed by atoms with Crippen LogP contribution >= 0.6 is 24.0 Å². The van der Waals surface area contributed by atoms with E-state index < -0.39 is 0 Å². The first-order valence-electron chi connectivity index (χ1n) is 5.74. The molecular weight excluding hydrogens is 329 g/mol. The molecule has 0 bridgehead atoms. The van der Waals surface area contributed by atoms with Crippen molar-refractivity contribution in [3.8, 4) is 12.3 Å². The van der Waals surface area contributed by atoms with Crippen LogP contribution in [-0.2, 0) is 4.74 Å². The van der Waals surface area contributed by atoms with E-state index in [-0.39, 0.29) is 24.0 Å². The Morgan fingerprint density at radius 3 is 2.65 bits per heavy atom. The maximum atomic E-state index is 5.43. The Bertz CT molecular complexity index is 236. The van der Waals surface area contributed by atoms with Crippen molar-refractivity contribution < 1.29 is 4.74 Å². The fraction of sp³-hybridized carbons (Fsp3) is 0.750. The van der Waals surface area contributed by atoms with Gasteiger partial charge in [0.2, 0.25) is 0 Å². The second kappa shape index (κ2) is 13.6. The van der Waals surface area contributed by atoms with Crippen LogP contribution in [0.15, 0.2) is 4.99 Å². The van der Waals surface area contributed by atoms with E-state index >= 15 is 0 Å². The van der Waals surface area contributed by atoms with Gasteiger partial charge in [0.25, 0.3) is 0 Å². The SMILES string of the molecule is C#CCNC(=NCCOCC(C)C)NCC.I. The molecule has 0 atom stereocenters. The topological polar surface area (TPSA) is 45.7 Å². The Labute approximate surface area is 122 Å². The van der Waals surface area contributed by atoms with Crippen LogP contribution in [0.25, 0.3) is 0 Å². The minimum absolute atomic E-state index is 0. The number of terminal acetylenes is 1. The summed E-state index contributed by atoms with van der Waals surface area (Å²) in [5, 5.41) is 6.12. The van der Waals surface area contributed by atoms with Gasteiger partial charge < -0.3 is 15.4 Å². The molecule has 0 aromatic heterocycles. The van der Waals surface area contributed by atoms with Gasteiger partial charge in [-0.25, -0.2) is 0 Å². The molecule has 0 saturated carbocycles. The fourth-order valence-corrected chi connectivity index (χ4v) is 1.02. The molecule has 0 heterocycles. The lowest BCUT2D eigenvalue weighted by atomic mass is 10.2. The lowest BCUT2D eigenvalue weighted by Crippen LogP contribution is -2.37. The predicted octanol–water partition coefficient (Wildman–Crippen LogP) is 1.47. The van der Waals surface area contributed by atoms with Gasteiger partial charge in [0.1, 0.15) is 0 Å². The molecule has 0 amide bonds. The minimum Gasteiger partial charge on any atom is -0.379 e. The molecule has 0 aliphatic rings. The molecule has 4 nitrogen and oxygen atoms in total. The molecule has 0 saturated heterocycles. The zero-order valence-corrected chi connectivity index (χ0v) is 13.3. The van der Waals surface area contributed by atoms with Crippen LogP contribution in [0, 0.1) is 18.3 Å². The van der Waals surface area contributed by atoms with E-state index in [2.05, 4.69) is 35.4 Å². The molecule has 0 aliphatic heterocycles. The molecule has 17 heavy (non-hydrogen) atoms. The lowest BCUT2D eigenvalue weighted by molar-refractivity contribution is 0.117. The number of hydrogen-bond donors (Lipinski definition) is 2. The Kier molecular flexibility index (Phi) is 15.1. The minimum atomic E-state index is 0. The average Bonchev–Trinajstić information content (AvgIpc) is 2.24. The van der Waals surface area contributed by atoms with Gasteiger partial charge in [0.15, 0.2) is 5.96 Å². The zero-order chi connectivity index (χ0) is 12.2. The highest BCUT2D eigenvalue weighted by Crippen LogP contribution is 1.91. The van der Waals surface area contributed by atoms with Crippen LogP contribution in [0.4, 0.5) is 0 Å². The predicted molar refractivity (Wildman–Crippen MR) is 83.9 cm³/mol. The van der Waals surface area contributed by atoms with Crippen molar-refractivity contribution in [1.29, 1.82) is 0 Å². The van der Waals surface area contributed by atoms with Crippen molar-refractivity contribution in [1.82, 2.24) is 10.6 Å². The van der Waals surface area contributed by atoms with E-state index in [1.807, 2.05) is 6.92 Å². The maximum Gasteiger partial charge on any atom is 0.192 e. The molecule has 0 aromatic carbocycles. The quantitative estimate of drug-likeness (QED) is 0.240. The van der Waals surface area contributed by atoms with E-state index in [9.17, 15) is 0 Å². The summed E-state index contributed by atoms with van der Waals surface area (Å²) >= 11 is 0. The second-order valence-corrected chi connectivity index (χ2v) is 3.79. The number of aliphatic imine (C=N–C) groups is 1. The number of ether oxygens (including phenoxy) is 1. The van der Waals surface area contributed by atoms with Gasteiger partial charge in [0.05, 0.1) is 19.7 Å². The number of guanidine groups is 1. The summed E-state index contributed by atoms with van der Waals surface area (Å²) in [5.41, 5.74) is 0. The van der Waals surface area contributed by atoms with Gasteiger partial charge in [-0.15, -0.1) is 30.4 Å². The third-order valence-corrected chi connectivity index (χ3v) is 1.66. The summed E-state index contributed by atoms with van der Waals surface area (Å²) in [7, 11) is 0. The normalized spacial score (nSPS) is 10.6. The standard InChI is InChI=1S/C12H23N3O.HI/c1-5-7-14-12(13-6-2)15-8-9-16-10-11(3)4;/h1,11H,6-10H2,2-4H3,(H2,13,14,15);1H. The third kappa shape index (κ3) is 13.5. The van der Waals surface area contributed by atoms with E-state index in [4.69, 9.17) is 11.2 Å². The Hall–Kier alpha value is -0.480. The number of hydrogen-bond acceptors (Lipinski definition) is 2. The molecule has 0 rings (SSSR count). The van der Waals surface area contributed by atoms with Crippen LogP contribution in [0.3, 0.4) is 0 Å². The monoisotopic (exact) mass is 353 g/mol. The van der Waals surface area contributed by atoms with Gasteiger partial charge in [-0.2, -0.15) is 0 Å². The Morgan fingerprint density at radius 1 is 1.41 bits per heavy atom. The van der Waals surface area contributed by atoms with Gasteiger partial charge in [-0.3, -0.25) is 4.99 Å². The summed E-state index contributed by atoms with van der Waals surface area (Å²) in [6.45, 7) is 9.65. The second-order valence-electron chi connectivity index (χ2n) is 3.79. The maximum absolute atomic E-state index is 5.43. The molecule has 0 aliphatic carbocycles. The zero-order valence-electron chi connectivity index (χ0n) is 11.0. The summed E-state index contributed by atoms with van der Waals surface area (Å²) < 4.78 is 5.43. The molecule has 0 unspecified atom stereocenters. The molecule has 2 N–H and O–H groups in total. The molecule has 0 fully saturated rings.